The molecule has 0 spiro atoms. The minimum absolute atomic E-state index is 0.601. The van der Waals surface area contributed by atoms with E-state index in [4.69, 9.17) is 4.74 Å². The maximum absolute atomic E-state index is 5.28. The van der Waals surface area contributed by atoms with E-state index in [9.17, 15) is 0 Å². The monoisotopic (exact) mass is 189 g/mol. The van der Waals surface area contributed by atoms with Gasteiger partial charge in [-0.25, -0.2) is 0 Å². The fourth-order valence-electron chi connectivity index (χ4n) is 1.23. The van der Waals surface area contributed by atoms with Crippen molar-refractivity contribution in [3.8, 4) is 0 Å². The predicted octanol–water partition coefficient (Wildman–Crippen LogP) is 1.55. The van der Waals surface area contributed by atoms with Crippen LogP contribution in [0.2, 0.25) is 0 Å². The number of hydrogen-bond acceptors (Lipinski definition) is 4. The highest BCUT2D eigenvalue weighted by Gasteiger charge is 2.21. The topological polar surface area (TPSA) is 12.5 Å². The molecule has 62 valence electrons. The van der Waals surface area contributed by atoms with Crippen molar-refractivity contribution in [2.24, 2.45) is 0 Å². The van der Waals surface area contributed by atoms with E-state index in [1.54, 1.807) is 0 Å². The summed E-state index contributed by atoms with van der Waals surface area (Å²) in [5.41, 5.74) is 0. The molecule has 2 rings (SSSR count). The summed E-state index contributed by atoms with van der Waals surface area (Å²) in [6.07, 6.45) is 2.26. The Labute approximate surface area is 74.7 Å². The Hall–Kier alpha value is 0.360. The second-order valence-corrected chi connectivity index (χ2v) is 4.85. The summed E-state index contributed by atoms with van der Waals surface area (Å²) in [5.74, 6) is 0. The summed E-state index contributed by atoms with van der Waals surface area (Å²) in [7, 11) is 3.75. The molecule has 0 N–H and O–H groups in total. The number of rotatable bonds is 1. The van der Waals surface area contributed by atoms with E-state index >= 15 is 0 Å². The first-order valence-electron chi connectivity index (χ1n) is 3.77. The Balaban J connectivity index is 1.87. The second-order valence-electron chi connectivity index (χ2n) is 2.56. The Morgan fingerprint density at radius 1 is 1.36 bits per heavy atom. The highest BCUT2D eigenvalue weighted by molar-refractivity contribution is 8.78. The molecule has 1 saturated heterocycles. The van der Waals surface area contributed by atoms with Gasteiger partial charge < -0.3 is 4.74 Å². The van der Waals surface area contributed by atoms with Gasteiger partial charge in [-0.15, -0.1) is 0 Å². The van der Waals surface area contributed by atoms with E-state index in [0.29, 0.717) is 5.37 Å². The van der Waals surface area contributed by atoms with E-state index < -0.39 is 0 Å². The number of nitrogens with zero attached hydrogens (tertiary/aromatic N) is 1. The molecule has 1 fully saturated rings. The van der Waals surface area contributed by atoms with Crippen LogP contribution in [0.15, 0.2) is 11.5 Å². The molecule has 11 heavy (non-hydrogen) atoms. The molecule has 0 aromatic rings. The van der Waals surface area contributed by atoms with Crippen LogP contribution in [0.1, 0.15) is 0 Å². The molecular weight excluding hydrogens is 178 g/mol. The third-order valence-corrected chi connectivity index (χ3v) is 4.15. The van der Waals surface area contributed by atoms with Gasteiger partial charge in [0.15, 0.2) is 0 Å². The van der Waals surface area contributed by atoms with Crippen molar-refractivity contribution in [1.29, 1.82) is 0 Å². The van der Waals surface area contributed by atoms with Crippen molar-refractivity contribution in [3.05, 3.63) is 11.5 Å². The van der Waals surface area contributed by atoms with Crippen molar-refractivity contribution in [2.45, 2.75) is 5.37 Å². The van der Waals surface area contributed by atoms with Gasteiger partial charge in [0.2, 0.25) is 0 Å². The summed E-state index contributed by atoms with van der Waals surface area (Å²) >= 11 is 0. The normalized spacial score (nSPS) is 32.9. The van der Waals surface area contributed by atoms with Gasteiger partial charge in [-0.05, 0) is 11.5 Å². The molecule has 2 aliphatic heterocycles. The third kappa shape index (κ3) is 1.93. The Kier molecular flexibility index (Phi) is 2.79. The molecule has 0 saturated carbocycles. The second kappa shape index (κ2) is 3.85. The number of morpholine rings is 1. The molecular formula is C7H11NOS2. The standard InChI is InChI=1S/C7H11NOS2/c1-6-10-11-7(1)8-2-4-9-5-3-8/h1,6-7H,2-5H2. The minimum Gasteiger partial charge on any atom is -0.379 e. The lowest BCUT2D eigenvalue weighted by Gasteiger charge is -2.29. The first-order chi connectivity index (χ1) is 5.47. The summed E-state index contributed by atoms with van der Waals surface area (Å²) in [4.78, 5) is 2.46. The molecule has 0 aromatic heterocycles. The molecule has 4 heteroatoms. The van der Waals surface area contributed by atoms with Gasteiger partial charge >= 0.3 is 0 Å². The Morgan fingerprint density at radius 2 is 2.18 bits per heavy atom. The minimum atomic E-state index is 0.601. The van der Waals surface area contributed by atoms with Crippen molar-refractivity contribution >= 4 is 21.6 Å². The average molecular weight is 189 g/mol. The molecule has 2 nitrogen and oxygen atoms in total. The fourth-order valence-corrected chi connectivity index (χ4v) is 3.48. The molecule has 2 aliphatic rings. The quantitative estimate of drug-likeness (QED) is 0.580. The van der Waals surface area contributed by atoms with E-state index in [1.807, 2.05) is 21.6 Å². The number of ether oxygens (including phenoxy) is 1. The van der Waals surface area contributed by atoms with Gasteiger partial charge in [-0.1, -0.05) is 21.6 Å². The van der Waals surface area contributed by atoms with Crippen LogP contribution in [-0.4, -0.2) is 36.6 Å². The zero-order valence-electron chi connectivity index (χ0n) is 6.23. The van der Waals surface area contributed by atoms with Crippen molar-refractivity contribution < 1.29 is 4.74 Å². The molecule has 0 bridgehead atoms. The van der Waals surface area contributed by atoms with E-state index in [1.165, 1.54) is 0 Å². The third-order valence-electron chi connectivity index (χ3n) is 1.86. The highest BCUT2D eigenvalue weighted by Crippen LogP contribution is 2.37. The van der Waals surface area contributed by atoms with Crippen LogP contribution in [0.5, 0.6) is 0 Å². The molecule has 2 heterocycles. The van der Waals surface area contributed by atoms with Gasteiger partial charge in [0.25, 0.3) is 0 Å². The van der Waals surface area contributed by atoms with Crippen LogP contribution in [0.3, 0.4) is 0 Å². The van der Waals surface area contributed by atoms with Crippen LogP contribution in [0.25, 0.3) is 0 Å². The maximum Gasteiger partial charge on any atom is 0.0860 e. The lowest BCUT2D eigenvalue weighted by molar-refractivity contribution is 0.0389. The molecule has 0 radical (unpaired) electrons. The molecule has 1 unspecified atom stereocenters. The molecule has 0 amide bonds. The summed E-state index contributed by atoms with van der Waals surface area (Å²) in [6, 6.07) is 0. The van der Waals surface area contributed by atoms with Gasteiger partial charge in [-0.2, -0.15) is 0 Å². The van der Waals surface area contributed by atoms with E-state index in [2.05, 4.69) is 16.4 Å². The Morgan fingerprint density at radius 3 is 2.82 bits per heavy atom. The average Bonchev–Trinajstić information content (AvgIpc) is 2.58. The lowest BCUT2D eigenvalue weighted by atomic mass is 10.4. The maximum atomic E-state index is 5.28. The largest absolute Gasteiger partial charge is 0.379 e. The van der Waals surface area contributed by atoms with Crippen molar-refractivity contribution in [2.75, 3.05) is 26.3 Å². The van der Waals surface area contributed by atoms with Crippen LogP contribution < -0.4 is 0 Å². The van der Waals surface area contributed by atoms with Gasteiger partial charge in [0.1, 0.15) is 0 Å². The van der Waals surface area contributed by atoms with Crippen LogP contribution in [0, 0.1) is 0 Å². The molecule has 0 aromatic carbocycles. The zero-order valence-corrected chi connectivity index (χ0v) is 7.87. The SMILES string of the molecule is C1=CC(N2CCOCC2)SS1. The van der Waals surface area contributed by atoms with Crippen molar-refractivity contribution in [1.82, 2.24) is 4.90 Å². The van der Waals surface area contributed by atoms with Crippen LogP contribution in [-0.2, 0) is 4.74 Å². The van der Waals surface area contributed by atoms with Crippen molar-refractivity contribution in [3.63, 3.8) is 0 Å². The van der Waals surface area contributed by atoms with Gasteiger partial charge in [0, 0.05) is 13.1 Å². The smallest absolute Gasteiger partial charge is 0.0860 e. The molecule has 0 aliphatic carbocycles. The fraction of sp³-hybridized carbons (Fsp3) is 0.714. The van der Waals surface area contributed by atoms with E-state index in [0.717, 1.165) is 26.3 Å². The van der Waals surface area contributed by atoms with E-state index in [-0.39, 0.29) is 0 Å². The van der Waals surface area contributed by atoms with Crippen LogP contribution >= 0.6 is 21.6 Å². The van der Waals surface area contributed by atoms with Gasteiger partial charge in [-0.3, -0.25) is 4.90 Å². The first-order valence-corrected chi connectivity index (χ1v) is 6.05. The summed E-state index contributed by atoms with van der Waals surface area (Å²) in [6.45, 7) is 3.97. The molecule has 1 atom stereocenters. The van der Waals surface area contributed by atoms with Crippen LogP contribution in [0.4, 0.5) is 0 Å². The summed E-state index contributed by atoms with van der Waals surface area (Å²) in [5, 5.41) is 2.77. The summed E-state index contributed by atoms with van der Waals surface area (Å²) < 4.78 is 5.28. The zero-order chi connectivity index (χ0) is 7.52. The Bertz CT molecular complexity index is 157. The lowest BCUT2D eigenvalue weighted by Crippen LogP contribution is -2.40. The highest BCUT2D eigenvalue weighted by atomic mass is 33.1. The number of hydrogen-bond donors (Lipinski definition) is 0. The van der Waals surface area contributed by atoms with Gasteiger partial charge in [0.05, 0.1) is 18.6 Å². The predicted molar refractivity (Wildman–Crippen MR) is 50.5 cm³/mol. The first kappa shape index (κ1) is 7.98.